The Morgan fingerprint density at radius 3 is 2.73 bits per heavy atom. The van der Waals surface area contributed by atoms with Crippen LogP contribution in [-0.4, -0.2) is 79.7 Å². The van der Waals surface area contributed by atoms with Crippen molar-refractivity contribution in [2.75, 3.05) is 40.8 Å². The lowest BCUT2D eigenvalue weighted by Gasteiger charge is -2.36. The Morgan fingerprint density at radius 1 is 1.27 bits per heavy atom. The van der Waals surface area contributed by atoms with E-state index >= 15 is 0 Å². The van der Waals surface area contributed by atoms with Gasteiger partial charge in [0.05, 0.1) is 12.3 Å². The summed E-state index contributed by atoms with van der Waals surface area (Å²) in [5.41, 5.74) is 1.09. The molecule has 0 unspecified atom stereocenters. The first-order valence-electron chi connectivity index (χ1n) is 8.76. The highest BCUT2D eigenvalue weighted by molar-refractivity contribution is 7.86. The van der Waals surface area contributed by atoms with Crippen LogP contribution in [0.1, 0.15) is 29.0 Å². The van der Waals surface area contributed by atoms with Gasteiger partial charge in [0.2, 0.25) is 0 Å². The lowest BCUT2D eigenvalue weighted by molar-refractivity contribution is 0.0581. The maximum Gasteiger partial charge on any atom is 0.281 e. The van der Waals surface area contributed by atoms with Crippen LogP contribution in [0.2, 0.25) is 0 Å². The number of fused-ring (bicyclic) bond motifs is 4. The second-order valence-electron chi connectivity index (χ2n) is 7.11. The summed E-state index contributed by atoms with van der Waals surface area (Å²) in [7, 11) is 1.18. The SMILES string of the molecule is COCc1cccc(C(=O)N2C[C@@H]3CC[C@H]2CN(S(=O)(=O)N(C)C)C3)n1. The summed E-state index contributed by atoms with van der Waals surface area (Å²) >= 11 is 0. The zero-order valence-electron chi connectivity index (χ0n) is 15.5. The minimum absolute atomic E-state index is 0.121. The summed E-state index contributed by atoms with van der Waals surface area (Å²) in [5.74, 6) is 0.0105. The van der Waals surface area contributed by atoms with Gasteiger partial charge in [-0.25, -0.2) is 4.98 Å². The molecule has 26 heavy (non-hydrogen) atoms. The number of ether oxygens (including phenoxy) is 1. The zero-order chi connectivity index (χ0) is 18.9. The largest absolute Gasteiger partial charge is 0.378 e. The lowest BCUT2D eigenvalue weighted by Crippen LogP contribution is -2.48. The number of aromatic nitrogens is 1. The van der Waals surface area contributed by atoms with Crippen molar-refractivity contribution in [3.05, 3.63) is 29.6 Å². The van der Waals surface area contributed by atoms with Crippen LogP contribution in [0.25, 0.3) is 0 Å². The molecule has 3 fully saturated rings. The average Bonchev–Trinajstić information content (AvgIpc) is 2.94. The number of piperidine rings is 1. The van der Waals surface area contributed by atoms with Crippen molar-refractivity contribution in [2.24, 2.45) is 5.92 Å². The van der Waals surface area contributed by atoms with Crippen molar-refractivity contribution >= 4 is 16.1 Å². The van der Waals surface area contributed by atoms with E-state index in [9.17, 15) is 13.2 Å². The van der Waals surface area contributed by atoms with E-state index in [1.54, 1.807) is 24.1 Å². The first kappa shape index (κ1) is 19.2. The van der Waals surface area contributed by atoms with Gasteiger partial charge < -0.3 is 9.64 Å². The first-order valence-corrected chi connectivity index (χ1v) is 10.2. The summed E-state index contributed by atoms with van der Waals surface area (Å²) in [6.07, 6.45) is 1.75. The van der Waals surface area contributed by atoms with E-state index in [2.05, 4.69) is 4.98 Å². The molecule has 2 atom stereocenters. The normalized spacial score (nSPS) is 24.1. The molecule has 0 spiro atoms. The molecule has 4 heterocycles. The van der Waals surface area contributed by atoms with Gasteiger partial charge in [-0.2, -0.15) is 17.0 Å². The molecule has 144 valence electrons. The van der Waals surface area contributed by atoms with Crippen LogP contribution < -0.4 is 0 Å². The van der Waals surface area contributed by atoms with Crippen molar-refractivity contribution in [3.8, 4) is 0 Å². The molecule has 2 bridgehead atoms. The van der Waals surface area contributed by atoms with Crippen LogP contribution in [-0.2, 0) is 21.6 Å². The highest BCUT2D eigenvalue weighted by Gasteiger charge is 2.41. The Morgan fingerprint density at radius 2 is 2.04 bits per heavy atom. The number of hydrogen-bond acceptors (Lipinski definition) is 5. The standard InChI is InChI=1S/C17H26N4O4S/c1-19(2)26(23,24)20-9-13-7-8-15(11-20)21(10-13)17(22)16-6-4-5-14(18-16)12-25-3/h4-6,13,15H,7-12H2,1-3H3/t13-,15+/m1/s1. The van der Waals surface area contributed by atoms with Gasteiger partial charge in [0, 0.05) is 46.9 Å². The van der Waals surface area contributed by atoms with Crippen LogP contribution in [0.5, 0.6) is 0 Å². The summed E-state index contributed by atoms with van der Waals surface area (Å²) in [6.45, 7) is 1.71. The van der Waals surface area contributed by atoms with Crippen molar-refractivity contribution < 1.29 is 17.9 Å². The van der Waals surface area contributed by atoms with Gasteiger partial charge >= 0.3 is 0 Å². The second-order valence-corrected chi connectivity index (χ2v) is 9.25. The van der Waals surface area contributed by atoms with Crippen molar-refractivity contribution in [1.82, 2.24) is 18.5 Å². The van der Waals surface area contributed by atoms with E-state index < -0.39 is 10.2 Å². The number of carbonyl (C=O) groups excluding carboxylic acids is 1. The number of nitrogens with zero attached hydrogens (tertiary/aromatic N) is 4. The Bertz CT molecular complexity index is 768. The fraction of sp³-hybridized carbons (Fsp3) is 0.647. The number of carbonyl (C=O) groups is 1. The van der Waals surface area contributed by atoms with Gasteiger partial charge in [-0.3, -0.25) is 4.79 Å². The minimum atomic E-state index is -3.48. The molecule has 1 aromatic rings. The van der Waals surface area contributed by atoms with E-state index in [4.69, 9.17) is 4.74 Å². The summed E-state index contributed by atoms with van der Waals surface area (Å²) < 4.78 is 32.9. The Balaban J connectivity index is 1.82. The topological polar surface area (TPSA) is 83.0 Å². The molecule has 1 aromatic heterocycles. The number of hydrogen-bond donors (Lipinski definition) is 0. The van der Waals surface area contributed by atoms with Crippen LogP contribution in [0.3, 0.4) is 0 Å². The van der Waals surface area contributed by atoms with Crippen molar-refractivity contribution in [3.63, 3.8) is 0 Å². The predicted octanol–water partition coefficient (Wildman–Crippen LogP) is 0.571. The molecule has 3 aliphatic heterocycles. The smallest absolute Gasteiger partial charge is 0.281 e. The van der Waals surface area contributed by atoms with Gasteiger partial charge in [-0.05, 0) is 30.9 Å². The molecule has 9 heteroatoms. The fourth-order valence-corrected chi connectivity index (χ4v) is 4.90. The monoisotopic (exact) mass is 382 g/mol. The molecular weight excluding hydrogens is 356 g/mol. The summed E-state index contributed by atoms with van der Waals surface area (Å²) in [6, 6.07) is 5.20. The number of amides is 1. The lowest BCUT2D eigenvalue weighted by atomic mass is 9.94. The maximum absolute atomic E-state index is 13.0. The van der Waals surface area contributed by atoms with E-state index in [-0.39, 0.29) is 17.9 Å². The molecule has 0 aromatic carbocycles. The van der Waals surface area contributed by atoms with Crippen LogP contribution in [0.15, 0.2) is 18.2 Å². The van der Waals surface area contributed by atoms with Crippen molar-refractivity contribution in [1.29, 1.82) is 0 Å². The van der Waals surface area contributed by atoms with E-state index in [0.29, 0.717) is 37.6 Å². The molecular formula is C17H26N4O4S. The summed E-state index contributed by atoms with van der Waals surface area (Å²) in [4.78, 5) is 19.2. The van der Waals surface area contributed by atoms with Crippen molar-refractivity contribution in [2.45, 2.75) is 25.5 Å². The Kier molecular flexibility index (Phi) is 5.61. The quantitative estimate of drug-likeness (QED) is 0.744. The Labute approximate surface area is 154 Å². The van der Waals surface area contributed by atoms with E-state index in [1.165, 1.54) is 22.7 Å². The van der Waals surface area contributed by atoms with E-state index in [1.807, 2.05) is 6.07 Å². The fourth-order valence-electron chi connectivity index (χ4n) is 3.68. The highest BCUT2D eigenvalue weighted by atomic mass is 32.2. The summed E-state index contributed by atoms with van der Waals surface area (Å²) in [5, 5.41) is 0. The van der Waals surface area contributed by atoms with Crippen LogP contribution in [0, 0.1) is 5.92 Å². The zero-order valence-corrected chi connectivity index (χ0v) is 16.3. The molecule has 0 aliphatic carbocycles. The van der Waals surface area contributed by atoms with Gasteiger partial charge in [0.25, 0.3) is 16.1 Å². The number of rotatable bonds is 5. The van der Waals surface area contributed by atoms with Crippen LogP contribution in [0.4, 0.5) is 0 Å². The second kappa shape index (κ2) is 7.59. The molecule has 1 amide bonds. The Hall–Kier alpha value is -1.55. The molecule has 4 rings (SSSR count). The minimum Gasteiger partial charge on any atom is -0.378 e. The van der Waals surface area contributed by atoms with Gasteiger partial charge in [-0.1, -0.05) is 6.07 Å². The molecule has 8 nitrogen and oxygen atoms in total. The molecule has 3 saturated heterocycles. The molecule has 3 aliphatic rings. The highest BCUT2D eigenvalue weighted by Crippen LogP contribution is 2.30. The van der Waals surface area contributed by atoms with Gasteiger partial charge in [0.15, 0.2) is 0 Å². The molecule has 0 N–H and O–H groups in total. The first-order chi connectivity index (χ1) is 12.3. The molecule has 0 radical (unpaired) electrons. The maximum atomic E-state index is 13.0. The third-order valence-electron chi connectivity index (χ3n) is 5.05. The number of pyridine rings is 1. The predicted molar refractivity (Wildman–Crippen MR) is 96.7 cm³/mol. The van der Waals surface area contributed by atoms with Gasteiger partial charge in [0.1, 0.15) is 5.69 Å². The third-order valence-corrected chi connectivity index (χ3v) is 6.92. The van der Waals surface area contributed by atoms with Crippen LogP contribution >= 0.6 is 0 Å². The van der Waals surface area contributed by atoms with Gasteiger partial charge in [-0.15, -0.1) is 0 Å². The number of methoxy groups -OCH3 is 1. The third kappa shape index (κ3) is 3.75. The van der Waals surface area contributed by atoms with E-state index in [0.717, 1.165) is 12.8 Å². The average molecular weight is 382 g/mol. The molecule has 0 saturated carbocycles.